The molecule has 1 aromatic rings. The van der Waals surface area contributed by atoms with E-state index in [4.69, 9.17) is 21.6 Å². The summed E-state index contributed by atoms with van der Waals surface area (Å²) in [5.74, 6) is 0. The first-order valence-corrected chi connectivity index (χ1v) is 4.66. The Kier molecular flexibility index (Phi) is 3.74. The highest BCUT2D eigenvalue weighted by molar-refractivity contribution is 6.60. The molecule has 0 spiro atoms. The van der Waals surface area contributed by atoms with Crippen molar-refractivity contribution in [2.75, 3.05) is 5.32 Å². The van der Waals surface area contributed by atoms with Crippen LogP contribution in [0.25, 0.3) is 0 Å². The lowest BCUT2D eigenvalue weighted by Gasteiger charge is -2.14. The van der Waals surface area contributed by atoms with Gasteiger partial charge in [-0.15, -0.1) is 0 Å². The Morgan fingerprint density at radius 1 is 1.50 bits per heavy atom. The van der Waals surface area contributed by atoms with Gasteiger partial charge in [-0.2, -0.15) is 0 Å². The molecular formula is C8H12BClN2O2. The molecule has 0 unspecified atom stereocenters. The van der Waals surface area contributed by atoms with E-state index in [9.17, 15) is 0 Å². The molecule has 1 heterocycles. The molecule has 0 fully saturated rings. The van der Waals surface area contributed by atoms with Crippen LogP contribution in [-0.4, -0.2) is 28.2 Å². The summed E-state index contributed by atoms with van der Waals surface area (Å²) >= 11 is 5.69. The third kappa shape index (κ3) is 2.87. The molecule has 0 bridgehead atoms. The monoisotopic (exact) mass is 214 g/mol. The molecule has 3 N–H and O–H groups in total. The van der Waals surface area contributed by atoms with E-state index in [1.807, 2.05) is 13.8 Å². The summed E-state index contributed by atoms with van der Waals surface area (Å²) in [6, 6.07) is 1.75. The lowest BCUT2D eigenvalue weighted by molar-refractivity contribution is 0.426. The molecule has 0 atom stereocenters. The Labute approximate surface area is 88.1 Å². The van der Waals surface area contributed by atoms with Gasteiger partial charge in [0.25, 0.3) is 0 Å². The Morgan fingerprint density at radius 2 is 2.14 bits per heavy atom. The molecule has 0 amide bonds. The van der Waals surface area contributed by atoms with Gasteiger partial charge in [-0.3, -0.25) is 0 Å². The van der Waals surface area contributed by atoms with Crippen LogP contribution in [0.3, 0.4) is 0 Å². The maximum Gasteiger partial charge on any atom is 0.492 e. The summed E-state index contributed by atoms with van der Waals surface area (Å²) < 4.78 is 0. The van der Waals surface area contributed by atoms with Gasteiger partial charge in [0.2, 0.25) is 0 Å². The molecule has 1 rings (SSSR count). The van der Waals surface area contributed by atoms with E-state index in [0.717, 1.165) is 0 Å². The maximum absolute atomic E-state index is 9.04. The Balaban J connectivity index is 3.03. The summed E-state index contributed by atoms with van der Waals surface area (Å²) in [6.45, 7) is 3.89. The lowest BCUT2D eigenvalue weighted by atomic mass is 9.80. The second-order valence-corrected chi connectivity index (χ2v) is 3.65. The first-order chi connectivity index (χ1) is 6.50. The van der Waals surface area contributed by atoms with Crippen molar-refractivity contribution < 1.29 is 10.0 Å². The topological polar surface area (TPSA) is 65.4 Å². The van der Waals surface area contributed by atoms with Gasteiger partial charge in [0.05, 0.1) is 0 Å². The molecule has 0 aliphatic carbocycles. The summed E-state index contributed by atoms with van der Waals surface area (Å²) in [5, 5.41) is 21.4. The maximum atomic E-state index is 9.04. The van der Waals surface area contributed by atoms with E-state index in [-0.39, 0.29) is 6.04 Å². The van der Waals surface area contributed by atoms with E-state index in [0.29, 0.717) is 16.3 Å². The average molecular weight is 214 g/mol. The predicted octanol–water partition coefficient (Wildman–Crippen LogP) is 0.235. The quantitative estimate of drug-likeness (QED) is 0.498. The van der Waals surface area contributed by atoms with Gasteiger partial charge in [-0.05, 0) is 19.9 Å². The minimum Gasteiger partial charge on any atom is -0.423 e. The van der Waals surface area contributed by atoms with Gasteiger partial charge < -0.3 is 15.4 Å². The minimum absolute atomic E-state index is 0.186. The molecule has 0 aromatic carbocycles. The van der Waals surface area contributed by atoms with Gasteiger partial charge in [0.15, 0.2) is 0 Å². The van der Waals surface area contributed by atoms with Crippen molar-refractivity contribution in [1.82, 2.24) is 4.98 Å². The zero-order valence-electron chi connectivity index (χ0n) is 8.03. The van der Waals surface area contributed by atoms with Crippen molar-refractivity contribution >= 4 is 29.9 Å². The molecule has 0 aliphatic rings. The fourth-order valence-electron chi connectivity index (χ4n) is 1.08. The van der Waals surface area contributed by atoms with Crippen LogP contribution >= 0.6 is 11.6 Å². The third-order valence-corrected chi connectivity index (χ3v) is 1.83. The van der Waals surface area contributed by atoms with Crippen molar-refractivity contribution in [3.8, 4) is 0 Å². The number of anilines is 1. The number of hydrogen-bond donors (Lipinski definition) is 3. The molecular weight excluding hydrogens is 202 g/mol. The zero-order chi connectivity index (χ0) is 10.7. The van der Waals surface area contributed by atoms with Crippen LogP contribution in [0.15, 0.2) is 12.3 Å². The highest BCUT2D eigenvalue weighted by atomic mass is 35.5. The molecule has 0 aliphatic heterocycles. The molecule has 76 valence electrons. The molecule has 14 heavy (non-hydrogen) atoms. The number of nitrogens with zero attached hydrogens (tertiary/aromatic N) is 1. The van der Waals surface area contributed by atoms with Crippen LogP contribution < -0.4 is 10.8 Å². The van der Waals surface area contributed by atoms with Crippen LogP contribution in [0.2, 0.25) is 5.15 Å². The van der Waals surface area contributed by atoms with Crippen molar-refractivity contribution in [3.05, 3.63) is 17.4 Å². The average Bonchev–Trinajstić information content (AvgIpc) is 2.01. The first-order valence-electron chi connectivity index (χ1n) is 4.29. The highest BCUT2D eigenvalue weighted by Crippen LogP contribution is 2.11. The van der Waals surface area contributed by atoms with Crippen LogP contribution in [0.5, 0.6) is 0 Å². The normalized spacial score (nSPS) is 10.4. The Bertz CT molecular complexity index is 320. The van der Waals surface area contributed by atoms with E-state index < -0.39 is 7.12 Å². The lowest BCUT2D eigenvalue weighted by Crippen LogP contribution is -2.34. The van der Waals surface area contributed by atoms with E-state index in [1.165, 1.54) is 6.20 Å². The second kappa shape index (κ2) is 4.64. The summed E-state index contributed by atoms with van der Waals surface area (Å²) in [6.07, 6.45) is 1.34. The fraction of sp³-hybridized carbons (Fsp3) is 0.375. The van der Waals surface area contributed by atoms with E-state index >= 15 is 0 Å². The number of pyridine rings is 1. The molecule has 1 aromatic heterocycles. The molecule has 6 heteroatoms. The van der Waals surface area contributed by atoms with Gasteiger partial charge in [-0.25, -0.2) is 4.98 Å². The Hall–Kier alpha value is -0.775. The standard InChI is InChI=1S/C8H12BClN2O2/c1-5(2)12-7-3-8(10)11-4-6(7)9(13)14/h3-5,13-14H,1-2H3,(H,11,12). The largest absolute Gasteiger partial charge is 0.492 e. The SMILES string of the molecule is CC(C)Nc1cc(Cl)ncc1B(O)O. The van der Waals surface area contributed by atoms with Crippen LogP contribution in [-0.2, 0) is 0 Å². The van der Waals surface area contributed by atoms with Crippen molar-refractivity contribution in [1.29, 1.82) is 0 Å². The van der Waals surface area contributed by atoms with Crippen molar-refractivity contribution in [2.45, 2.75) is 19.9 Å². The Morgan fingerprint density at radius 3 is 2.64 bits per heavy atom. The summed E-state index contributed by atoms with van der Waals surface area (Å²) in [4.78, 5) is 3.77. The first kappa shape index (κ1) is 11.3. The summed E-state index contributed by atoms with van der Waals surface area (Å²) in [5.41, 5.74) is 0.915. The number of rotatable bonds is 3. The molecule has 0 saturated carbocycles. The molecule has 0 radical (unpaired) electrons. The highest BCUT2D eigenvalue weighted by Gasteiger charge is 2.17. The fourth-order valence-corrected chi connectivity index (χ4v) is 1.24. The third-order valence-electron chi connectivity index (χ3n) is 1.62. The van der Waals surface area contributed by atoms with Crippen molar-refractivity contribution in [3.63, 3.8) is 0 Å². The van der Waals surface area contributed by atoms with E-state index in [2.05, 4.69) is 10.3 Å². The van der Waals surface area contributed by atoms with Crippen LogP contribution in [0.1, 0.15) is 13.8 Å². The van der Waals surface area contributed by atoms with Gasteiger partial charge >= 0.3 is 7.12 Å². The summed E-state index contributed by atoms with van der Waals surface area (Å²) in [7, 11) is -1.54. The van der Waals surface area contributed by atoms with Crippen LogP contribution in [0.4, 0.5) is 5.69 Å². The van der Waals surface area contributed by atoms with Gasteiger partial charge in [0.1, 0.15) is 5.15 Å². The zero-order valence-corrected chi connectivity index (χ0v) is 8.78. The molecule has 4 nitrogen and oxygen atoms in total. The van der Waals surface area contributed by atoms with Gasteiger partial charge in [0, 0.05) is 23.4 Å². The second-order valence-electron chi connectivity index (χ2n) is 3.27. The smallest absolute Gasteiger partial charge is 0.423 e. The van der Waals surface area contributed by atoms with E-state index in [1.54, 1.807) is 6.07 Å². The van der Waals surface area contributed by atoms with Crippen molar-refractivity contribution in [2.24, 2.45) is 0 Å². The van der Waals surface area contributed by atoms with Gasteiger partial charge in [-0.1, -0.05) is 11.6 Å². The number of hydrogen-bond acceptors (Lipinski definition) is 4. The minimum atomic E-state index is -1.54. The number of halogens is 1. The number of nitrogens with one attached hydrogen (secondary N) is 1. The number of aromatic nitrogens is 1. The molecule has 0 saturated heterocycles. The van der Waals surface area contributed by atoms with Crippen LogP contribution in [0, 0.1) is 0 Å². The predicted molar refractivity (Wildman–Crippen MR) is 57.8 cm³/mol.